The van der Waals surface area contributed by atoms with E-state index in [4.69, 9.17) is 4.52 Å². The van der Waals surface area contributed by atoms with E-state index in [2.05, 4.69) is 15.5 Å². The van der Waals surface area contributed by atoms with Crippen LogP contribution in [0.5, 0.6) is 0 Å². The van der Waals surface area contributed by atoms with Crippen molar-refractivity contribution in [1.82, 2.24) is 19.0 Å². The van der Waals surface area contributed by atoms with Crippen molar-refractivity contribution in [3.63, 3.8) is 0 Å². The van der Waals surface area contributed by atoms with E-state index in [9.17, 15) is 17.6 Å². The Morgan fingerprint density at radius 3 is 2.58 bits per heavy atom. The Kier molecular flexibility index (Phi) is 5.63. The van der Waals surface area contributed by atoms with Crippen LogP contribution in [0.4, 0.5) is 10.1 Å². The summed E-state index contributed by atoms with van der Waals surface area (Å²) in [6.45, 7) is 3.56. The zero-order chi connectivity index (χ0) is 22.2. The van der Waals surface area contributed by atoms with Crippen LogP contribution in [0, 0.1) is 25.6 Å². The number of aryl methyl sites for hydroxylation is 2. The fourth-order valence-corrected chi connectivity index (χ4v) is 5.53. The Bertz CT molecular complexity index is 1180. The predicted molar refractivity (Wildman–Crippen MR) is 110 cm³/mol. The van der Waals surface area contributed by atoms with Crippen LogP contribution in [0.2, 0.25) is 0 Å². The van der Waals surface area contributed by atoms with Gasteiger partial charge in [-0.05, 0) is 44.9 Å². The number of nitrogens with zero attached hydrogens (tertiary/aromatic N) is 4. The molecular formula is C20H22FN5O4S. The lowest BCUT2D eigenvalue weighted by atomic mass is 9.97. The second-order valence-electron chi connectivity index (χ2n) is 7.46. The highest BCUT2D eigenvalue weighted by molar-refractivity contribution is 7.89. The summed E-state index contributed by atoms with van der Waals surface area (Å²) in [5.74, 6) is -0.869. The molecule has 1 N–H and O–H groups in total. The molecule has 164 valence electrons. The lowest BCUT2D eigenvalue weighted by molar-refractivity contribution is -0.120. The SMILES string of the molecule is Cc1noc(C)c1S(=O)(=O)N1CCC(C(=O)Nc2ccc(-n3ccnc3)c(F)c2)CC1. The standard InChI is InChI=1S/C20H22FN5O4S/c1-13-19(14(2)30-24-13)31(28,29)26-8-5-15(6-9-26)20(27)23-16-3-4-18(17(21)11-16)25-10-7-22-12-25/h3-4,7,10-12,15H,5-6,8-9H2,1-2H3,(H,23,27). The van der Waals surface area contributed by atoms with Gasteiger partial charge in [0.2, 0.25) is 15.9 Å². The number of carbonyl (C=O) groups excluding carboxylic acids is 1. The number of aromatic nitrogens is 3. The Labute approximate surface area is 178 Å². The molecule has 1 saturated heterocycles. The Hall–Kier alpha value is -3.05. The molecule has 1 aromatic carbocycles. The molecule has 4 rings (SSSR count). The highest BCUT2D eigenvalue weighted by atomic mass is 32.2. The molecule has 2 aromatic heterocycles. The number of hydrogen-bond donors (Lipinski definition) is 1. The highest BCUT2D eigenvalue weighted by Gasteiger charge is 2.35. The summed E-state index contributed by atoms with van der Waals surface area (Å²) in [4.78, 5) is 16.6. The number of anilines is 1. The van der Waals surface area contributed by atoms with Crippen LogP contribution in [0.25, 0.3) is 5.69 Å². The predicted octanol–water partition coefficient (Wildman–Crippen LogP) is 2.66. The van der Waals surface area contributed by atoms with Crippen molar-refractivity contribution < 1.29 is 22.1 Å². The summed E-state index contributed by atoms with van der Waals surface area (Å²) in [5, 5.41) is 6.44. The van der Waals surface area contributed by atoms with Gasteiger partial charge < -0.3 is 14.4 Å². The van der Waals surface area contributed by atoms with E-state index >= 15 is 0 Å². The lowest BCUT2D eigenvalue weighted by Gasteiger charge is -2.30. The molecule has 0 atom stereocenters. The molecule has 9 nitrogen and oxygen atoms in total. The number of hydrogen-bond acceptors (Lipinski definition) is 6. The van der Waals surface area contributed by atoms with Gasteiger partial charge in [-0.2, -0.15) is 4.31 Å². The molecule has 1 amide bonds. The fourth-order valence-electron chi connectivity index (χ4n) is 3.77. The number of sulfonamides is 1. The number of rotatable bonds is 5. The maximum absolute atomic E-state index is 14.4. The fraction of sp³-hybridized carbons (Fsp3) is 0.350. The second-order valence-corrected chi connectivity index (χ2v) is 9.33. The highest BCUT2D eigenvalue weighted by Crippen LogP contribution is 2.28. The number of benzene rings is 1. The topological polar surface area (TPSA) is 110 Å². The van der Waals surface area contributed by atoms with Crippen LogP contribution in [0.3, 0.4) is 0 Å². The first-order valence-corrected chi connectivity index (χ1v) is 11.2. The van der Waals surface area contributed by atoms with Gasteiger partial charge in [-0.1, -0.05) is 5.16 Å². The summed E-state index contributed by atoms with van der Waals surface area (Å²) in [7, 11) is -3.73. The maximum atomic E-state index is 14.4. The van der Waals surface area contributed by atoms with E-state index in [1.165, 1.54) is 21.3 Å². The molecule has 0 unspecified atom stereocenters. The lowest BCUT2D eigenvalue weighted by Crippen LogP contribution is -2.41. The zero-order valence-electron chi connectivity index (χ0n) is 17.1. The van der Waals surface area contributed by atoms with Gasteiger partial charge in [0.15, 0.2) is 5.76 Å². The maximum Gasteiger partial charge on any atom is 0.248 e. The number of imidazole rings is 1. The van der Waals surface area contributed by atoms with Crippen molar-refractivity contribution in [2.45, 2.75) is 31.6 Å². The third kappa shape index (κ3) is 4.10. The molecule has 1 aliphatic rings. The molecule has 0 bridgehead atoms. The minimum Gasteiger partial charge on any atom is -0.360 e. The van der Waals surface area contributed by atoms with Crippen LogP contribution in [-0.4, -0.2) is 46.4 Å². The number of piperidine rings is 1. The average molecular weight is 447 g/mol. The van der Waals surface area contributed by atoms with Gasteiger partial charge in [0, 0.05) is 37.1 Å². The molecule has 0 aliphatic carbocycles. The molecule has 1 fully saturated rings. The van der Waals surface area contributed by atoms with E-state index in [0.29, 0.717) is 29.9 Å². The van der Waals surface area contributed by atoms with E-state index in [0.717, 1.165) is 0 Å². The molecule has 3 heterocycles. The van der Waals surface area contributed by atoms with Gasteiger partial charge in [0.05, 0.1) is 12.0 Å². The minimum absolute atomic E-state index is 0.0869. The Balaban J connectivity index is 1.39. The molecule has 11 heteroatoms. The Morgan fingerprint density at radius 2 is 2.00 bits per heavy atom. The molecule has 3 aromatic rings. The first-order chi connectivity index (χ1) is 14.8. The number of halogens is 1. The van der Waals surface area contributed by atoms with Crippen molar-refractivity contribution in [2.75, 3.05) is 18.4 Å². The van der Waals surface area contributed by atoms with Gasteiger partial charge >= 0.3 is 0 Å². The number of carbonyl (C=O) groups is 1. The van der Waals surface area contributed by atoms with Crippen molar-refractivity contribution in [3.8, 4) is 5.69 Å². The summed E-state index contributed by atoms with van der Waals surface area (Å²) in [6.07, 6.45) is 5.39. The van der Waals surface area contributed by atoms with E-state index in [-0.39, 0.29) is 35.6 Å². The molecule has 0 saturated carbocycles. The van der Waals surface area contributed by atoms with Crippen molar-refractivity contribution in [2.24, 2.45) is 5.92 Å². The third-order valence-electron chi connectivity index (χ3n) is 5.39. The van der Waals surface area contributed by atoms with Crippen LogP contribution in [0.15, 0.2) is 46.3 Å². The van der Waals surface area contributed by atoms with Gasteiger partial charge in [-0.15, -0.1) is 0 Å². The van der Waals surface area contributed by atoms with E-state index in [1.54, 1.807) is 38.4 Å². The van der Waals surface area contributed by atoms with Crippen LogP contribution < -0.4 is 5.32 Å². The average Bonchev–Trinajstić information content (AvgIpc) is 3.38. The largest absolute Gasteiger partial charge is 0.360 e. The molecule has 31 heavy (non-hydrogen) atoms. The minimum atomic E-state index is -3.73. The number of nitrogens with one attached hydrogen (secondary N) is 1. The van der Waals surface area contributed by atoms with Crippen LogP contribution in [-0.2, 0) is 14.8 Å². The van der Waals surface area contributed by atoms with E-state index in [1.807, 2.05) is 0 Å². The van der Waals surface area contributed by atoms with Crippen molar-refractivity contribution >= 4 is 21.6 Å². The molecular weight excluding hydrogens is 425 g/mol. The summed E-state index contributed by atoms with van der Waals surface area (Å²) in [5.41, 5.74) is 0.990. The first kappa shape index (κ1) is 21.2. The summed E-state index contributed by atoms with van der Waals surface area (Å²) < 4.78 is 48.1. The van der Waals surface area contributed by atoms with Gasteiger partial charge in [0.1, 0.15) is 16.4 Å². The quantitative estimate of drug-likeness (QED) is 0.644. The molecule has 0 spiro atoms. The summed E-state index contributed by atoms with van der Waals surface area (Å²) >= 11 is 0. The van der Waals surface area contributed by atoms with E-state index < -0.39 is 15.8 Å². The van der Waals surface area contributed by atoms with Crippen molar-refractivity contribution in [3.05, 3.63) is 54.2 Å². The first-order valence-electron chi connectivity index (χ1n) is 9.79. The smallest absolute Gasteiger partial charge is 0.248 e. The zero-order valence-corrected chi connectivity index (χ0v) is 17.9. The molecule has 0 radical (unpaired) electrons. The van der Waals surface area contributed by atoms with Gasteiger partial charge in [-0.25, -0.2) is 17.8 Å². The third-order valence-corrected chi connectivity index (χ3v) is 7.53. The summed E-state index contributed by atoms with van der Waals surface area (Å²) in [6, 6.07) is 4.43. The number of amides is 1. The normalized spacial score (nSPS) is 15.8. The second kappa shape index (κ2) is 8.23. The van der Waals surface area contributed by atoms with Crippen molar-refractivity contribution in [1.29, 1.82) is 0 Å². The van der Waals surface area contributed by atoms with Gasteiger partial charge in [0.25, 0.3) is 0 Å². The Morgan fingerprint density at radius 1 is 1.26 bits per heavy atom. The van der Waals surface area contributed by atoms with Crippen LogP contribution >= 0.6 is 0 Å². The van der Waals surface area contributed by atoms with Crippen LogP contribution in [0.1, 0.15) is 24.3 Å². The molecule has 1 aliphatic heterocycles. The monoisotopic (exact) mass is 447 g/mol. The van der Waals surface area contributed by atoms with Gasteiger partial charge in [-0.3, -0.25) is 4.79 Å².